The molecule has 160 valence electrons. The number of carbonyl (C=O) groups excluding carboxylic acids is 2. The Hall–Kier alpha value is -2.77. The summed E-state index contributed by atoms with van der Waals surface area (Å²) in [5.74, 6) is -0.824. The molecule has 0 aliphatic carbocycles. The van der Waals surface area contributed by atoms with Crippen molar-refractivity contribution in [1.29, 1.82) is 0 Å². The maximum Gasteiger partial charge on any atom is 0.340 e. The third kappa shape index (κ3) is 6.37. The van der Waals surface area contributed by atoms with E-state index < -0.39 is 5.97 Å². The highest BCUT2D eigenvalue weighted by molar-refractivity contribution is 6.01. The number of hydrogen-bond donors (Lipinski definition) is 1. The minimum atomic E-state index is -0.445. The van der Waals surface area contributed by atoms with E-state index >= 15 is 0 Å². The summed E-state index contributed by atoms with van der Waals surface area (Å²) in [4.78, 5) is 29.1. The summed E-state index contributed by atoms with van der Waals surface area (Å²) >= 11 is 0. The van der Waals surface area contributed by atoms with Crippen molar-refractivity contribution in [1.82, 2.24) is 9.80 Å². The van der Waals surface area contributed by atoms with Crippen molar-refractivity contribution in [3.05, 3.63) is 65.5 Å². The second-order valence-corrected chi connectivity index (χ2v) is 7.35. The molecular weight excluding hydrogens is 385 g/mol. The second-order valence-electron chi connectivity index (χ2n) is 7.35. The van der Waals surface area contributed by atoms with Gasteiger partial charge in [-0.25, -0.2) is 9.18 Å². The zero-order chi connectivity index (χ0) is 21.3. The Morgan fingerprint density at radius 2 is 1.70 bits per heavy atom. The van der Waals surface area contributed by atoms with Crippen molar-refractivity contribution < 1.29 is 18.7 Å². The predicted molar refractivity (Wildman–Crippen MR) is 114 cm³/mol. The third-order valence-corrected chi connectivity index (χ3v) is 5.06. The maximum absolute atomic E-state index is 13.1. The molecule has 0 unspecified atom stereocenters. The van der Waals surface area contributed by atoms with Gasteiger partial charge >= 0.3 is 5.97 Å². The van der Waals surface area contributed by atoms with Crippen LogP contribution in [-0.4, -0.2) is 61.0 Å². The lowest BCUT2D eigenvalue weighted by Crippen LogP contribution is -2.36. The van der Waals surface area contributed by atoms with Crippen molar-refractivity contribution >= 4 is 17.6 Å². The topological polar surface area (TPSA) is 61.9 Å². The summed E-state index contributed by atoms with van der Waals surface area (Å²) in [6.45, 7) is 6.43. The molecule has 1 heterocycles. The number of anilines is 1. The van der Waals surface area contributed by atoms with E-state index in [1.165, 1.54) is 12.1 Å². The molecule has 0 radical (unpaired) electrons. The van der Waals surface area contributed by atoms with Crippen molar-refractivity contribution in [2.24, 2.45) is 0 Å². The fraction of sp³-hybridized carbons (Fsp3) is 0.391. The smallest absolute Gasteiger partial charge is 0.340 e. The van der Waals surface area contributed by atoms with Gasteiger partial charge < -0.3 is 10.1 Å². The number of halogens is 1. The Bertz CT molecular complexity index is 857. The van der Waals surface area contributed by atoms with Gasteiger partial charge in [-0.2, -0.15) is 0 Å². The lowest BCUT2D eigenvalue weighted by atomic mass is 10.2. The molecule has 30 heavy (non-hydrogen) atoms. The number of nitrogens with zero attached hydrogens (tertiary/aromatic N) is 2. The Morgan fingerprint density at radius 1 is 1.00 bits per heavy atom. The Morgan fingerprint density at radius 3 is 2.47 bits per heavy atom. The summed E-state index contributed by atoms with van der Waals surface area (Å²) in [7, 11) is 0. The maximum atomic E-state index is 13.1. The standard InChI is InChI=1S/C23H28FN3O3/c1-2-30-23(29)20-6-3-4-7-21(20)25-22(28)17-27-13-5-12-26(14-15-27)16-18-8-10-19(24)11-9-18/h3-4,6-11H,2,5,12-17H2,1H3,(H,25,28). The predicted octanol–water partition coefficient (Wildman–Crippen LogP) is 3.15. The molecule has 0 aromatic heterocycles. The van der Waals surface area contributed by atoms with Gasteiger partial charge in [-0.3, -0.25) is 14.6 Å². The van der Waals surface area contributed by atoms with Crippen LogP contribution in [0.2, 0.25) is 0 Å². The fourth-order valence-electron chi connectivity index (χ4n) is 3.56. The third-order valence-electron chi connectivity index (χ3n) is 5.06. The van der Waals surface area contributed by atoms with E-state index in [2.05, 4.69) is 15.1 Å². The van der Waals surface area contributed by atoms with E-state index in [1.807, 2.05) is 12.1 Å². The van der Waals surface area contributed by atoms with Crippen molar-refractivity contribution in [2.45, 2.75) is 19.9 Å². The number of carbonyl (C=O) groups is 2. The molecule has 2 aromatic carbocycles. The number of hydrogen-bond acceptors (Lipinski definition) is 5. The van der Waals surface area contributed by atoms with Crippen molar-refractivity contribution in [3.8, 4) is 0 Å². The first-order valence-electron chi connectivity index (χ1n) is 10.3. The van der Waals surface area contributed by atoms with Gasteiger partial charge in [-0.1, -0.05) is 24.3 Å². The number of rotatable bonds is 7. The van der Waals surface area contributed by atoms with Gasteiger partial charge in [0, 0.05) is 19.6 Å². The van der Waals surface area contributed by atoms with Crippen molar-refractivity contribution in [2.75, 3.05) is 44.6 Å². The number of para-hydroxylation sites is 1. The van der Waals surface area contributed by atoms with Gasteiger partial charge in [-0.05, 0) is 56.3 Å². The lowest BCUT2D eigenvalue weighted by molar-refractivity contribution is -0.117. The minimum Gasteiger partial charge on any atom is -0.462 e. The first-order valence-corrected chi connectivity index (χ1v) is 10.3. The van der Waals surface area contributed by atoms with Gasteiger partial charge in [0.05, 0.1) is 24.4 Å². The zero-order valence-electron chi connectivity index (χ0n) is 17.3. The van der Waals surface area contributed by atoms with E-state index in [0.29, 0.717) is 11.3 Å². The summed E-state index contributed by atoms with van der Waals surface area (Å²) < 4.78 is 18.1. The van der Waals surface area contributed by atoms with Gasteiger partial charge in [-0.15, -0.1) is 0 Å². The Labute approximate surface area is 176 Å². The summed E-state index contributed by atoms with van der Waals surface area (Å²) in [6, 6.07) is 13.5. The van der Waals surface area contributed by atoms with Crippen LogP contribution in [0.5, 0.6) is 0 Å². The summed E-state index contributed by atoms with van der Waals surface area (Å²) in [6.07, 6.45) is 0.952. The number of nitrogens with one attached hydrogen (secondary N) is 1. The van der Waals surface area contributed by atoms with Crippen LogP contribution in [0.1, 0.15) is 29.3 Å². The molecule has 0 atom stereocenters. The van der Waals surface area contributed by atoms with Crippen LogP contribution in [0.25, 0.3) is 0 Å². The molecule has 6 nitrogen and oxygen atoms in total. The lowest BCUT2D eigenvalue weighted by Gasteiger charge is -2.21. The van der Waals surface area contributed by atoms with Crippen LogP contribution >= 0.6 is 0 Å². The van der Waals surface area contributed by atoms with E-state index in [1.54, 1.807) is 31.2 Å². The van der Waals surface area contributed by atoms with Crippen LogP contribution in [0.15, 0.2) is 48.5 Å². The van der Waals surface area contributed by atoms with Crippen LogP contribution in [0.3, 0.4) is 0 Å². The molecule has 1 amide bonds. The van der Waals surface area contributed by atoms with Gasteiger partial charge in [0.15, 0.2) is 0 Å². The molecule has 0 saturated carbocycles. The molecular formula is C23H28FN3O3. The molecule has 2 aromatic rings. The van der Waals surface area contributed by atoms with Gasteiger partial charge in [0.25, 0.3) is 0 Å². The first-order chi connectivity index (χ1) is 14.5. The fourth-order valence-corrected chi connectivity index (χ4v) is 3.56. The van der Waals surface area contributed by atoms with E-state index in [9.17, 15) is 14.0 Å². The first kappa shape index (κ1) is 21.9. The minimum absolute atomic E-state index is 0.154. The summed E-state index contributed by atoms with van der Waals surface area (Å²) in [5, 5.41) is 2.84. The molecule has 1 aliphatic rings. The molecule has 3 rings (SSSR count). The highest BCUT2D eigenvalue weighted by atomic mass is 19.1. The Kier molecular flexibility index (Phi) is 7.93. The largest absolute Gasteiger partial charge is 0.462 e. The summed E-state index contributed by atoms with van der Waals surface area (Å²) in [5.41, 5.74) is 1.90. The SMILES string of the molecule is CCOC(=O)c1ccccc1NC(=O)CN1CCCN(Cc2ccc(F)cc2)CC1. The number of esters is 1. The van der Waals surface area contributed by atoms with Crippen LogP contribution < -0.4 is 5.32 Å². The molecule has 0 bridgehead atoms. The van der Waals surface area contributed by atoms with Crippen LogP contribution in [0.4, 0.5) is 10.1 Å². The molecule has 1 saturated heterocycles. The van der Waals surface area contributed by atoms with Gasteiger partial charge in [0.2, 0.25) is 5.91 Å². The Balaban J connectivity index is 1.51. The highest BCUT2D eigenvalue weighted by Crippen LogP contribution is 2.17. The van der Waals surface area contributed by atoms with Crippen LogP contribution in [-0.2, 0) is 16.1 Å². The highest BCUT2D eigenvalue weighted by Gasteiger charge is 2.19. The van der Waals surface area contributed by atoms with Crippen LogP contribution in [0, 0.1) is 5.82 Å². The zero-order valence-corrected chi connectivity index (χ0v) is 17.3. The molecule has 1 fully saturated rings. The van der Waals surface area contributed by atoms with E-state index in [0.717, 1.165) is 44.7 Å². The molecule has 1 aliphatic heterocycles. The number of ether oxygens (including phenoxy) is 1. The average Bonchev–Trinajstić information content (AvgIpc) is 2.95. The quantitative estimate of drug-likeness (QED) is 0.707. The monoisotopic (exact) mass is 413 g/mol. The van der Waals surface area contributed by atoms with Gasteiger partial charge in [0.1, 0.15) is 5.82 Å². The van der Waals surface area contributed by atoms with E-state index in [-0.39, 0.29) is 24.9 Å². The molecule has 0 spiro atoms. The number of amides is 1. The normalized spacial score (nSPS) is 15.4. The average molecular weight is 413 g/mol. The van der Waals surface area contributed by atoms with E-state index in [4.69, 9.17) is 4.74 Å². The number of benzene rings is 2. The second kappa shape index (κ2) is 10.8. The molecule has 1 N–H and O–H groups in total. The molecule has 7 heteroatoms. The van der Waals surface area contributed by atoms with Crippen molar-refractivity contribution in [3.63, 3.8) is 0 Å².